The van der Waals surface area contributed by atoms with Crippen molar-refractivity contribution in [2.75, 3.05) is 4.90 Å². The van der Waals surface area contributed by atoms with Crippen LogP contribution in [0.2, 0.25) is 10.0 Å². The standard InChI is InChI=1S/C11H8Cl2N2O3/c1-5-2-7(13)8(3-6(5)12)15-10(17)4-9(16)14-11(15)18/h2-3H,4H2,1H3,(H,14,16,18). The number of halogens is 2. The molecule has 1 aliphatic rings. The van der Waals surface area contributed by atoms with Crippen molar-refractivity contribution >= 4 is 46.7 Å². The third-order valence-corrected chi connectivity index (χ3v) is 3.19. The van der Waals surface area contributed by atoms with Crippen LogP contribution >= 0.6 is 23.2 Å². The Hall–Kier alpha value is -1.59. The lowest BCUT2D eigenvalue weighted by atomic mass is 10.2. The van der Waals surface area contributed by atoms with Crippen LogP contribution < -0.4 is 10.2 Å². The number of benzene rings is 1. The minimum absolute atomic E-state index is 0.169. The van der Waals surface area contributed by atoms with Crippen LogP contribution in [-0.4, -0.2) is 17.8 Å². The lowest BCUT2D eigenvalue weighted by Crippen LogP contribution is -2.53. The smallest absolute Gasteiger partial charge is 0.277 e. The molecule has 5 nitrogen and oxygen atoms in total. The number of urea groups is 1. The number of amides is 4. The normalized spacial score (nSPS) is 15.9. The summed E-state index contributed by atoms with van der Waals surface area (Å²) >= 11 is 11.9. The fourth-order valence-corrected chi connectivity index (χ4v) is 2.06. The zero-order valence-corrected chi connectivity index (χ0v) is 10.8. The highest BCUT2D eigenvalue weighted by Gasteiger charge is 2.33. The van der Waals surface area contributed by atoms with E-state index in [9.17, 15) is 14.4 Å². The summed E-state index contributed by atoms with van der Waals surface area (Å²) in [5, 5.41) is 2.64. The van der Waals surface area contributed by atoms with E-state index in [-0.39, 0.29) is 10.7 Å². The van der Waals surface area contributed by atoms with E-state index in [2.05, 4.69) is 0 Å². The molecule has 0 aromatic heterocycles. The number of nitrogens with zero attached hydrogens (tertiary/aromatic N) is 1. The number of nitrogens with one attached hydrogen (secondary N) is 1. The highest BCUT2D eigenvalue weighted by atomic mass is 35.5. The lowest BCUT2D eigenvalue weighted by Gasteiger charge is -2.25. The molecule has 4 amide bonds. The minimum atomic E-state index is -0.821. The van der Waals surface area contributed by atoms with E-state index in [1.165, 1.54) is 6.07 Å². The van der Waals surface area contributed by atoms with Crippen molar-refractivity contribution in [2.24, 2.45) is 0 Å². The highest BCUT2D eigenvalue weighted by molar-refractivity contribution is 6.38. The molecule has 1 aromatic rings. The molecule has 1 aliphatic heterocycles. The van der Waals surface area contributed by atoms with Crippen molar-refractivity contribution in [1.82, 2.24) is 5.32 Å². The molecular weight excluding hydrogens is 279 g/mol. The summed E-state index contributed by atoms with van der Waals surface area (Å²) in [7, 11) is 0. The Morgan fingerprint density at radius 2 is 1.83 bits per heavy atom. The molecule has 0 aliphatic carbocycles. The van der Waals surface area contributed by atoms with Crippen molar-refractivity contribution in [2.45, 2.75) is 13.3 Å². The summed E-state index contributed by atoms with van der Waals surface area (Å²) in [5.41, 5.74) is 0.897. The van der Waals surface area contributed by atoms with Gasteiger partial charge in [0.1, 0.15) is 6.42 Å². The van der Waals surface area contributed by atoms with Crippen LogP contribution in [0.15, 0.2) is 12.1 Å². The average molecular weight is 287 g/mol. The van der Waals surface area contributed by atoms with Gasteiger partial charge in [0.2, 0.25) is 11.8 Å². The lowest BCUT2D eigenvalue weighted by molar-refractivity contribution is -0.128. The SMILES string of the molecule is Cc1cc(Cl)c(N2C(=O)CC(=O)NC2=O)cc1Cl. The van der Waals surface area contributed by atoms with Crippen LogP contribution in [-0.2, 0) is 9.59 Å². The first-order valence-electron chi connectivity index (χ1n) is 5.02. The fourth-order valence-electron chi connectivity index (χ4n) is 1.60. The number of hydrogen-bond donors (Lipinski definition) is 1. The first-order chi connectivity index (χ1) is 8.40. The summed E-state index contributed by atoms with van der Waals surface area (Å²) in [6, 6.07) is 2.15. The maximum Gasteiger partial charge on any atom is 0.335 e. The van der Waals surface area contributed by atoms with Crippen molar-refractivity contribution in [3.8, 4) is 0 Å². The number of barbiturate groups is 1. The number of imide groups is 2. The van der Waals surface area contributed by atoms with E-state index >= 15 is 0 Å². The van der Waals surface area contributed by atoms with E-state index in [1.807, 2.05) is 5.32 Å². The maximum atomic E-state index is 11.7. The first-order valence-corrected chi connectivity index (χ1v) is 5.78. The van der Waals surface area contributed by atoms with Gasteiger partial charge in [0.25, 0.3) is 0 Å². The van der Waals surface area contributed by atoms with Gasteiger partial charge in [0, 0.05) is 5.02 Å². The van der Waals surface area contributed by atoms with Gasteiger partial charge in [-0.05, 0) is 24.6 Å². The molecule has 0 radical (unpaired) electrons. The average Bonchev–Trinajstić information content (AvgIpc) is 2.24. The van der Waals surface area contributed by atoms with E-state index < -0.39 is 24.3 Å². The van der Waals surface area contributed by atoms with Crippen LogP contribution in [0.25, 0.3) is 0 Å². The Balaban J connectivity index is 2.48. The summed E-state index contributed by atoms with van der Waals surface area (Å²) in [6.45, 7) is 1.75. The van der Waals surface area contributed by atoms with Crippen LogP contribution in [0.1, 0.15) is 12.0 Å². The van der Waals surface area contributed by atoms with E-state index in [4.69, 9.17) is 23.2 Å². The van der Waals surface area contributed by atoms with Gasteiger partial charge in [-0.15, -0.1) is 0 Å². The molecule has 0 saturated carbocycles. The van der Waals surface area contributed by atoms with Gasteiger partial charge in [-0.2, -0.15) is 0 Å². The molecule has 1 aromatic carbocycles. The predicted molar refractivity (Wildman–Crippen MR) is 66.8 cm³/mol. The van der Waals surface area contributed by atoms with Crippen molar-refractivity contribution in [3.63, 3.8) is 0 Å². The number of anilines is 1. The first kappa shape index (κ1) is 12.9. The van der Waals surface area contributed by atoms with Gasteiger partial charge < -0.3 is 0 Å². The molecule has 7 heteroatoms. The number of carbonyl (C=O) groups is 3. The quantitative estimate of drug-likeness (QED) is 0.806. The highest BCUT2D eigenvalue weighted by Crippen LogP contribution is 2.32. The Bertz CT molecular complexity index is 552. The zero-order valence-electron chi connectivity index (χ0n) is 9.29. The molecule has 94 valence electrons. The molecule has 2 rings (SSSR count). The Morgan fingerprint density at radius 1 is 1.17 bits per heavy atom. The van der Waals surface area contributed by atoms with Gasteiger partial charge >= 0.3 is 6.03 Å². The number of carbonyl (C=O) groups excluding carboxylic acids is 3. The molecule has 0 bridgehead atoms. The molecule has 1 fully saturated rings. The van der Waals surface area contributed by atoms with Crippen LogP contribution in [0, 0.1) is 6.92 Å². The molecule has 0 spiro atoms. The van der Waals surface area contributed by atoms with Crippen LogP contribution in [0.4, 0.5) is 10.5 Å². The largest absolute Gasteiger partial charge is 0.335 e. The summed E-state index contributed by atoms with van der Waals surface area (Å²) < 4.78 is 0. The third-order valence-electron chi connectivity index (χ3n) is 2.48. The number of rotatable bonds is 1. The van der Waals surface area contributed by atoms with Gasteiger partial charge in [-0.3, -0.25) is 14.9 Å². The second kappa shape index (κ2) is 4.59. The predicted octanol–water partition coefficient (Wildman–Crippen LogP) is 2.27. The van der Waals surface area contributed by atoms with E-state index in [0.717, 1.165) is 10.5 Å². The van der Waals surface area contributed by atoms with Crippen LogP contribution in [0.5, 0.6) is 0 Å². The van der Waals surface area contributed by atoms with Gasteiger partial charge in [0.15, 0.2) is 0 Å². The molecule has 1 N–H and O–H groups in total. The Morgan fingerprint density at radius 3 is 2.44 bits per heavy atom. The molecular formula is C11H8Cl2N2O3. The second-order valence-electron chi connectivity index (χ2n) is 3.81. The summed E-state index contributed by atoms with van der Waals surface area (Å²) in [6.07, 6.45) is -0.395. The number of hydrogen-bond acceptors (Lipinski definition) is 3. The number of aryl methyl sites for hydroxylation is 1. The minimum Gasteiger partial charge on any atom is -0.277 e. The molecule has 0 unspecified atom stereocenters. The van der Waals surface area contributed by atoms with Crippen molar-refractivity contribution in [3.05, 3.63) is 27.7 Å². The van der Waals surface area contributed by atoms with Crippen LogP contribution in [0.3, 0.4) is 0 Å². The van der Waals surface area contributed by atoms with Gasteiger partial charge in [-0.25, -0.2) is 9.69 Å². The van der Waals surface area contributed by atoms with Gasteiger partial charge in [0.05, 0.1) is 10.7 Å². The van der Waals surface area contributed by atoms with Crippen molar-refractivity contribution < 1.29 is 14.4 Å². The van der Waals surface area contributed by atoms with E-state index in [0.29, 0.717) is 5.02 Å². The maximum absolute atomic E-state index is 11.7. The summed E-state index contributed by atoms with van der Waals surface area (Å²) in [5.74, 6) is -1.26. The molecule has 1 saturated heterocycles. The van der Waals surface area contributed by atoms with E-state index in [1.54, 1.807) is 13.0 Å². The topological polar surface area (TPSA) is 66.5 Å². The second-order valence-corrected chi connectivity index (χ2v) is 4.63. The Labute approximate surface area is 113 Å². The van der Waals surface area contributed by atoms with Crippen molar-refractivity contribution in [1.29, 1.82) is 0 Å². The molecule has 18 heavy (non-hydrogen) atoms. The molecule has 1 heterocycles. The monoisotopic (exact) mass is 286 g/mol. The molecule has 0 atom stereocenters. The summed E-state index contributed by atoms with van der Waals surface area (Å²) in [4.78, 5) is 35.2. The third kappa shape index (κ3) is 2.19. The fraction of sp³-hybridized carbons (Fsp3) is 0.182. The van der Waals surface area contributed by atoms with Gasteiger partial charge in [-0.1, -0.05) is 23.2 Å². The zero-order chi connectivity index (χ0) is 13.4. The Kier molecular flexibility index (Phi) is 3.28.